The van der Waals surface area contributed by atoms with E-state index in [-0.39, 0.29) is 23.4 Å². The average Bonchev–Trinajstić information content (AvgIpc) is 2.99. The number of carbonyl (C=O) groups is 3. The first-order valence-electron chi connectivity index (χ1n) is 7.24. The summed E-state index contributed by atoms with van der Waals surface area (Å²) >= 11 is 0. The Labute approximate surface area is 127 Å². The molecular formula is C18H13NO3. The maximum atomic E-state index is 12.7. The van der Waals surface area contributed by atoms with Gasteiger partial charge in [0.2, 0.25) is 5.91 Å². The maximum Gasteiger partial charge on any atom is 0.220 e. The lowest BCUT2D eigenvalue weighted by Crippen LogP contribution is -2.21. The molecule has 1 heterocycles. The molecule has 1 atom stereocenters. The molecule has 2 aromatic rings. The molecular weight excluding hydrogens is 278 g/mol. The molecule has 2 aromatic carbocycles. The van der Waals surface area contributed by atoms with Gasteiger partial charge in [-0.2, -0.15) is 0 Å². The van der Waals surface area contributed by atoms with Gasteiger partial charge in [-0.1, -0.05) is 36.4 Å². The van der Waals surface area contributed by atoms with Crippen LogP contribution in [0.1, 0.15) is 49.7 Å². The SMILES string of the molecule is O=C1CC(c2ccc3c(c2)C(=O)c2ccccc2C3=O)CN1. The van der Waals surface area contributed by atoms with Crippen molar-refractivity contribution in [2.45, 2.75) is 12.3 Å². The fraction of sp³-hybridized carbons (Fsp3) is 0.167. The van der Waals surface area contributed by atoms with E-state index >= 15 is 0 Å². The standard InChI is InChI=1S/C18H13NO3/c20-16-8-11(9-19-16)10-5-6-14-15(7-10)18(22)13-4-2-1-3-12(13)17(14)21/h1-7,11H,8-9H2,(H,19,20). The third kappa shape index (κ3) is 1.80. The van der Waals surface area contributed by atoms with Crippen LogP contribution in [0.15, 0.2) is 42.5 Å². The quantitative estimate of drug-likeness (QED) is 0.746. The lowest BCUT2D eigenvalue weighted by molar-refractivity contribution is -0.119. The molecule has 1 unspecified atom stereocenters. The molecule has 1 N–H and O–H groups in total. The number of benzene rings is 2. The van der Waals surface area contributed by atoms with Gasteiger partial charge in [-0.25, -0.2) is 0 Å². The summed E-state index contributed by atoms with van der Waals surface area (Å²) in [4.78, 5) is 36.5. The summed E-state index contributed by atoms with van der Waals surface area (Å²) in [5.74, 6) is -0.143. The molecule has 0 aromatic heterocycles. The molecule has 22 heavy (non-hydrogen) atoms. The van der Waals surface area contributed by atoms with Gasteiger partial charge in [-0.3, -0.25) is 14.4 Å². The molecule has 1 aliphatic heterocycles. The largest absolute Gasteiger partial charge is 0.355 e. The molecule has 0 bridgehead atoms. The Morgan fingerprint density at radius 2 is 1.45 bits per heavy atom. The van der Waals surface area contributed by atoms with Gasteiger partial charge in [0, 0.05) is 41.1 Å². The van der Waals surface area contributed by atoms with Crippen LogP contribution in [0, 0.1) is 0 Å². The second-order valence-corrected chi connectivity index (χ2v) is 5.71. The Bertz CT molecular complexity index is 838. The Balaban J connectivity index is 1.82. The van der Waals surface area contributed by atoms with Crippen molar-refractivity contribution in [3.05, 3.63) is 70.3 Å². The summed E-state index contributed by atoms with van der Waals surface area (Å²) in [6, 6.07) is 12.2. The number of carbonyl (C=O) groups excluding carboxylic acids is 3. The molecule has 4 heteroatoms. The minimum absolute atomic E-state index is 0.0236. The highest BCUT2D eigenvalue weighted by molar-refractivity contribution is 6.28. The van der Waals surface area contributed by atoms with E-state index in [1.807, 2.05) is 6.07 Å². The van der Waals surface area contributed by atoms with E-state index < -0.39 is 0 Å². The topological polar surface area (TPSA) is 63.2 Å². The smallest absolute Gasteiger partial charge is 0.220 e. The number of rotatable bonds is 1. The van der Waals surface area contributed by atoms with Gasteiger partial charge in [0.25, 0.3) is 0 Å². The molecule has 1 saturated heterocycles. The average molecular weight is 291 g/mol. The normalized spacial score (nSPS) is 19.6. The number of nitrogens with one attached hydrogen (secondary N) is 1. The van der Waals surface area contributed by atoms with E-state index in [0.29, 0.717) is 35.2 Å². The molecule has 0 radical (unpaired) electrons. The third-order valence-electron chi connectivity index (χ3n) is 4.40. The molecule has 1 aliphatic carbocycles. The van der Waals surface area contributed by atoms with Crippen LogP contribution in [0.3, 0.4) is 0 Å². The molecule has 0 saturated carbocycles. The monoisotopic (exact) mass is 291 g/mol. The van der Waals surface area contributed by atoms with Crippen LogP contribution in [-0.2, 0) is 4.79 Å². The second kappa shape index (κ2) is 4.63. The van der Waals surface area contributed by atoms with E-state index in [1.165, 1.54) is 0 Å². The van der Waals surface area contributed by atoms with Crippen LogP contribution in [-0.4, -0.2) is 24.0 Å². The fourth-order valence-electron chi connectivity index (χ4n) is 3.21. The van der Waals surface area contributed by atoms with Crippen LogP contribution in [0.25, 0.3) is 0 Å². The van der Waals surface area contributed by atoms with Crippen LogP contribution in [0.4, 0.5) is 0 Å². The fourth-order valence-corrected chi connectivity index (χ4v) is 3.21. The predicted molar refractivity (Wildman–Crippen MR) is 80.1 cm³/mol. The van der Waals surface area contributed by atoms with Gasteiger partial charge in [-0.15, -0.1) is 0 Å². The molecule has 4 nitrogen and oxygen atoms in total. The zero-order valence-corrected chi connectivity index (χ0v) is 11.8. The highest BCUT2D eigenvalue weighted by Gasteiger charge is 2.31. The van der Waals surface area contributed by atoms with E-state index in [4.69, 9.17) is 0 Å². The lowest BCUT2D eigenvalue weighted by atomic mass is 9.82. The third-order valence-corrected chi connectivity index (χ3v) is 4.40. The first-order chi connectivity index (χ1) is 10.6. The highest BCUT2D eigenvalue weighted by Crippen LogP contribution is 2.31. The van der Waals surface area contributed by atoms with Crippen LogP contribution >= 0.6 is 0 Å². The Morgan fingerprint density at radius 3 is 2.09 bits per heavy atom. The first-order valence-corrected chi connectivity index (χ1v) is 7.24. The molecule has 108 valence electrons. The van der Waals surface area contributed by atoms with E-state index in [1.54, 1.807) is 36.4 Å². The minimum Gasteiger partial charge on any atom is -0.355 e. The van der Waals surface area contributed by atoms with Gasteiger partial charge in [0.15, 0.2) is 11.6 Å². The second-order valence-electron chi connectivity index (χ2n) is 5.71. The van der Waals surface area contributed by atoms with E-state index in [9.17, 15) is 14.4 Å². The van der Waals surface area contributed by atoms with Crippen molar-refractivity contribution in [2.24, 2.45) is 0 Å². The summed E-state index contributed by atoms with van der Waals surface area (Å²) in [5.41, 5.74) is 2.74. The Morgan fingerprint density at radius 1 is 0.818 bits per heavy atom. The Kier molecular flexibility index (Phi) is 2.73. The van der Waals surface area contributed by atoms with Crippen molar-refractivity contribution >= 4 is 17.5 Å². The van der Waals surface area contributed by atoms with Gasteiger partial charge >= 0.3 is 0 Å². The van der Waals surface area contributed by atoms with Crippen molar-refractivity contribution < 1.29 is 14.4 Å². The van der Waals surface area contributed by atoms with E-state index in [0.717, 1.165) is 5.56 Å². The summed E-state index contributed by atoms with van der Waals surface area (Å²) in [7, 11) is 0. The molecule has 1 amide bonds. The molecule has 4 rings (SSSR count). The van der Waals surface area contributed by atoms with Crippen molar-refractivity contribution in [2.75, 3.05) is 6.54 Å². The summed E-state index contributed by atoms with van der Waals surface area (Å²) in [5, 5.41) is 2.79. The van der Waals surface area contributed by atoms with Crippen molar-refractivity contribution in [3.63, 3.8) is 0 Å². The minimum atomic E-state index is -0.121. The van der Waals surface area contributed by atoms with Crippen LogP contribution < -0.4 is 5.32 Å². The number of fused-ring (bicyclic) bond motifs is 2. The van der Waals surface area contributed by atoms with Crippen LogP contribution in [0.2, 0.25) is 0 Å². The summed E-state index contributed by atoms with van der Waals surface area (Å²) in [6.45, 7) is 0.580. The number of hydrogen-bond acceptors (Lipinski definition) is 3. The number of hydrogen-bond donors (Lipinski definition) is 1. The summed E-state index contributed by atoms with van der Waals surface area (Å²) < 4.78 is 0. The zero-order chi connectivity index (χ0) is 15.3. The first kappa shape index (κ1) is 13.0. The zero-order valence-electron chi connectivity index (χ0n) is 11.8. The highest BCUT2D eigenvalue weighted by atomic mass is 16.2. The lowest BCUT2D eigenvalue weighted by Gasteiger charge is -2.19. The van der Waals surface area contributed by atoms with Crippen LogP contribution in [0.5, 0.6) is 0 Å². The van der Waals surface area contributed by atoms with Crippen molar-refractivity contribution in [1.82, 2.24) is 5.32 Å². The Hall–Kier alpha value is -2.75. The van der Waals surface area contributed by atoms with Gasteiger partial charge in [0.05, 0.1) is 0 Å². The van der Waals surface area contributed by atoms with Crippen molar-refractivity contribution in [1.29, 1.82) is 0 Å². The maximum absolute atomic E-state index is 12.7. The number of ketones is 2. The van der Waals surface area contributed by atoms with Crippen molar-refractivity contribution in [3.8, 4) is 0 Å². The molecule has 0 spiro atoms. The van der Waals surface area contributed by atoms with Gasteiger partial charge in [0.1, 0.15) is 0 Å². The van der Waals surface area contributed by atoms with E-state index in [2.05, 4.69) is 5.32 Å². The number of amides is 1. The molecule has 1 fully saturated rings. The predicted octanol–water partition coefficient (Wildman–Crippen LogP) is 2.07. The van der Waals surface area contributed by atoms with Gasteiger partial charge < -0.3 is 5.32 Å². The summed E-state index contributed by atoms with van der Waals surface area (Å²) in [6.07, 6.45) is 0.428. The molecule has 2 aliphatic rings. The van der Waals surface area contributed by atoms with Gasteiger partial charge in [-0.05, 0) is 11.6 Å².